The van der Waals surface area contributed by atoms with Gasteiger partial charge in [0.15, 0.2) is 6.10 Å². The molecule has 0 unspecified atom stereocenters. The molecule has 146 valence electrons. The highest BCUT2D eigenvalue weighted by molar-refractivity contribution is 7.89. The molecule has 2 rings (SSSR count). The van der Waals surface area contributed by atoms with E-state index >= 15 is 0 Å². The van der Waals surface area contributed by atoms with Gasteiger partial charge in [-0.3, -0.25) is 10.2 Å². The molecule has 0 radical (unpaired) electrons. The minimum Gasteiger partial charge on any atom is -0.494 e. The van der Waals surface area contributed by atoms with Crippen molar-refractivity contribution in [3.05, 3.63) is 54.1 Å². The number of amides is 1. The number of hydrogen-bond acceptors (Lipinski definition) is 5. The van der Waals surface area contributed by atoms with Crippen molar-refractivity contribution >= 4 is 15.9 Å². The maximum absolute atomic E-state index is 12.2. The zero-order valence-corrected chi connectivity index (χ0v) is 16.4. The summed E-state index contributed by atoms with van der Waals surface area (Å²) < 4.78 is 35.3. The highest BCUT2D eigenvalue weighted by Crippen LogP contribution is 2.18. The summed E-state index contributed by atoms with van der Waals surface area (Å²) in [6, 6.07) is 13.3. The Morgan fingerprint density at radius 2 is 1.59 bits per heavy atom. The van der Waals surface area contributed by atoms with Crippen LogP contribution in [0.2, 0.25) is 0 Å². The molecule has 1 amide bonds. The van der Waals surface area contributed by atoms with Crippen molar-refractivity contribution in [3.8, 4) is 11.5 Å². The zero-order chi connectivity index (χ0) is 19.9. The Balaban J connectivity index is 1.91. The van der Waals surface area contributed by atoms with Crippen LogP contribution in [0.15, 0.2) is 53.4 Å². The van der Waals surface area contributed by atoms with E-state index in [0.29, 0.717) is 18.1 Å². The van der Waals surface area contributed by atoms with E-state index < -0.39 is 22.0 Å². The third-order valence-corrected chi connectivity index (χ3v) is 5.03. The van der Waals surface area contributed by atoms with Crippen LogP contribution in [0.5, 0.6) is 11.5 Å². The molecule has 0 aliphatic carbocycles. The first-order valence-electron chi connectivity index (χ1n) is 8.65. The number of ether oxygens (including phenoxy) is 2. The number of carbonyl (C=O) groups excluding carboxylic acids is 1. The molecule has 2 aromatic carbocycles. The highest BCUT2D eigenvalue weighted by atomic mass is 32.2. The van der Waals surface area contributed by atoms with Crippen LogP contribution in [0.3, 0.4) is 0 Å². The van der Waals surface area contributed by atoms with Gasteiger partial charge in [0, 0.05) is 0 Å². The summed E-state index contributed by atoms with van der Waals surface area (Å²) in [5.41, 5.74) is 3.20. The summed E-state index contributed by atoms with van der Waals surface area (Å²) >= 11 is 0. The van der Waals surface area contributed by atoms with Crippen molar-refractivity contribution in [1.29, 1.82) is 0 Å². The molecule has 27 heavy (non-hydrogen) atoms. The van der Waals surface area contributed by atoms with E-state index in [2.05, 4.69) is 10.3 Å². The van der Waals surface area contributed by atoms with E-state index in [1.54, 1.807) is 36.4 Å². The lowest BCUT2D eigenvalue weighted by molar-refractivity contribution is -0.127. The highest BCUT2D eigenvalue weighted by Gasteiger charge is 2.19. The average Bonchev–Trinajstić information content (AvgIpc) is 2.68. The quantitative estimate of drug-likeness (QED) is 0.639. The van der Waals surface area contributed by atoms with E-state index in [-0.39, 0.29) is 4.90 Å². The van der Waals surface area contributed by atoms with Gasteiger partial charge < -0.3 is 9.47 Å². The van der Waals surface area contributed by atoms with Crippen LogP contribution >= 0.6 is 0 Å². The summed E-state index contributed by atoms with van der Waals surface area (Å²) in [6.45, 7) is 5.94. The summed E-state index contributed by atoms with van der Waals surface area (Å²) in [5, 5.41) is 0. The number of hydrazine groups is 1. The average molecular weight is 392 g/mol. The summed E-state index contributed by atoms with van der Waals surface area (Å²) in [4.78, 5) is 14.3. The van der Waals surface area contributed by atoms with Gasteiger partial charge >= 0.3 is 0 Å². The van der Waals surface area contributed by atoms with Crippen LogP contribution in [0.25, 0.3) is 0 Å². The van der Waals surface area contributed by atoms with Crippen molar-refractivity contribution in [2.75, 3.05) is 6.61 Å². The van der Waals surface area contributed by atoms with Crippen molar-refractivity contribution in [3.63, 3.8) is 0 Å². The number of carbonyl (C=O) groups is 1. The molecular weight excluding hydrogens is 368 g/mol. The van der Waals surface area contributed by atoms with Crippen LogP contribution in [0, 0.1) is 0 Å². The zero-order valence-electron chi connectivity index (χ0n) is 15.6. The Bertz CT molecular complexity index is 849. The maximum atomic E-state index is 12.2. The van der Waals surface area contributed by atoms with Gasteiger partial charge in [-0.15, -0.1) is 4.83 Å². The number of nitrogens with one attached hydrogen (secondary N) is 2. The van der Waals surface area contributed by atoms with E-state index in [1.807, 2.05) is 13.8 Å². The van der Waals surface area contributed by atoms with E-state index in [1.165, 1.54) is 19.1 Å². The van der Waals surface area contributed by atoms with Crippen LogP contribution in [0.4, 0.5) is 0 Å². The lowest BCUT2D eigenvalue weighted by atomic mass is 10.2. The van der Waals surface area contributed by atoms with Gasteiger partial charge in [0.05, 0.1) is 11.5 Å². The number of aryl methyl sites for hydroxylation is 1. The minimum absolute atomic E-state index is 0.0695. The third kappa shape index (κ3) is 5.97. The molecular formula is C19H24N2O5S. The van der Waals surface area contributed by atoms with Crippen LogP contribution in [0.1, 0.15) is 26.3 Å². The monoisotopic (exact) mass is 392 g/mol. The molecule has 0 aromatic heterocycles. The fraction of sp³-hybridized carbons (Fsp3) is 0.316. The smallest absolute Gasteiger partial charge is 0.275 e. The van der Waals surface area contributed by atoms with Gasteiger partial charge in [0.1, 0.15) is 11.5 Å². The lowest BCUT2D eigenvalue weighted by Gasteiger charge is -2.15. The molecule has 7 nitrogen and oxygen atoms in total. The fourth-order valence-electron chi connectivity index (χ4n) is 2.22. The first kappa shape index (κ1) is 20.7. The van der Waals surface area contributed by atoms with Gasteiger partial charge in [-0.2, -0.15) is 0 Å². The summed E-state index contributed by atoms with van der Waals surface area (Å²) in [5.74, 6) is 0.556. The van der Waals surface area contributed by atoms with E-state index in [4.69, 9.17) is 9.47 Å². The second-order valence-electron chi connectivity index (χ2n) is 5.76. The third-order valence-electron chi connectivity index (χ3n) is 3.77. The number of hydrogen-bond donors (Lipinski definition) is 2. The standard InChI is InChI=1S/C19H24N2O5S/c1-4-15-6-12-18(13-7-15)27(23,24)21-20-19(22)14(3)26-17-10-8-16(9-11-17)25-5-2/h6-14,21H,4-5H2,1-3H3,(H,20,22)/t14-/m0/s1. The molecule has 1 atom stereocenters. The van der Waals surface area contributed by atoms with Crippen molar-refractivity contribution in [1.82, 2.24) is 10.3 Å². The predicted octanol–water partition coefficient (Wildman–Crippen LogP) is 2.42. The second kappa shape index (κ2) is 9.38. The van der Waals surface area contributed by atoms with E-state index in [0.717, 1.165) is 12.0 Å². The molecule has 0 fully saturated rings. The first-order valence-corrected chi connectivity index (χ1v) is 10.1. The Morgan fingerprint density at radius 1 is 1.00 bits per heavy atom. The Morgan fingerprint density at radius 3 is 2.15 bits per heavy atom. The summed E-state index contributed by atoms with van der Waals surface area (Å²) in [6.07, 6.45) is -0.0849. The van der Waals surface area contributed by atoms with Crippen molar-refractivity contribution < 1.29 is 22.7 Å². The number of rotatable bonds is 9. The van der Waals surface area contributed by atoms with Gasteiger partial charge in [-0.25, -0.2) is 8.42 Å². The lowest BCUT2D eigenvalue weighted by Crippen LogP contribution is -2.47. The minimum atomic E-state index is -3.85. The maximum Gasteiger partial charge on any atom is 0.275 e. The normalized spacial score (nSPS) is 12.3. The fourth-order valence-corrected chi connectivity index (χ4v) is 3.07. The second-order valence-corrected chi connectivity index (χ2v) is 7.44. The van der Waals surface area contributed by atoms with E-state index in [9.17, 15) is 13.2 Å². The van der Waals surface area contributed by atoms with Gasteiger partial charge in [-0.1, -0.05) is 19.1 Å². The molecule has 8 heteroatoms. The van der Waals surface area contributed by atoms with Crippen molar-refractivity contribution in [2.24, 2.45) is 0 Å². The molecule has 0 saturated carbocycles. The Labute approximate surface area is 159 Å². The van der Waals surface area contributed by atoms with Gasteiger partial charge in [0.2, 0.25) is 0 Å². The molecule has 0 spiro atoms. The molecule has 0 saturated heterocycles. The summed E-state index contributed by atoms with van der Waals surface area (Å²) in [7, 11) is -3.85. The van der Waals surface area contributed by atoms with Crippen LogP contribution in [-0.4, -0.2) is 27.0 Å². The number of sulfonamides is 1. The molecule has 0 aliphatic rings. The Kier molecular flexibility index (Phi) is 7.20. The SMILES string of the molecule is CCOc1ccc(O[C@@H](C)C(=O)NNS(=O)(=O)c2ccc(CC)cc2)cc1. The molecule has 0 bridgehead atoms. The van der Waals surface area contributed by atoms with Crippen LogP contribution < -0.4 is 19.7 Å². The van der Waals surface area contributed by atoms with Crippen LogP contribution in [-0.2, 0) is 21.2 Å². The van der Waals surface area contributed by atoms with Gasteiger partial charge in [0.25, 0.3) is 15.9 Å². The molecule has 2 N–H and O–H groups in total. The Hall–Kier alpha value is -2.58. The van der Waals surface area contributed by atoms with Gasteiger partial charge in [-0.05, 0) is 62.2 Å². The molecule has 0 heterocycles. The topological polar surface area (TPSA) is 93.7 Å². The largest absolute Gasteiger partial charge is 0.494 e. The molecule has 2 aromatic rings. The first-order chi connectivity index (χ1) is 12.9. The molecule has 0 aliphatic heterocycles. The predicted molar refractivity (Wildman–Crippen MR) is 102 cm³/mol. The number of benzene rings is 2. The van der Waals surface area contributed by atoms with Crippen molar-refractivity contribution in [2.45, 2.75) is 38.2 Å².